The molecule has 0 radical (unpaired) electrons. The van der Waals surface area contributed by atoms with E-state index >= 15 is 0 Å². The van der Waals surface area contributed by atoms with Gasteiger partial charge in [-0.1, -0.05) is 37.3 Å². The summed E-state index contributed by atoms with van der Waals surface area (Å²) in [6, 6.07) is 10.1. The number of hydrogen-bond acceptors (Lipinski definition) is 2. The van der Waals surface area contributed by atoms with Crippen LogP contribution in [0.15, 0.2) is 30.3 Å². The molecule has 3 N–H and O–H groups in total. The van der Waals surface area contributed by atoms with Gasteiger partial charge in [-0.15, -0.1) is 0 Å². The highest BCUT2D eigenvalue weighted by Gasteiger charge is 2.21. The van der Waals surface area contributed by atoms with Crippen LogP contribution in [0.25, 0.3) is 0 Å². The maximum absolute atomic E-state index is 9.17. The summed E-state index contributed by atoms with van der Waals surface area (Å²) < 4.78 is 0. The summed E-state index contributed by atoms with van der Waals surface area (Å²) in [5, 5.41) is 9.17. The fourth-order valence-electron chi connectivity index (χ4n) is 1.28. The van der Waals surface area contributed by atoms with E-state index in [0.29, 0.717) is 6.54 Å². The summed E-state index contributed by atoms with van der Waals surface area (Å²) in [4.78, 5) is 0. The van der Waals surface area contributed by atoms with Gasteiger partial charge in [-0.25, -0.2) is 0 Å². The van der Waals surface area contributed by atoms with Crippen LogP contribution in [0.5, 0.6) is 0 Å². The van der Waals surface area contributed by atoms with Gasteiger partial charge in [-0.05, 0) is 12.0 Å². The van der Waals surface area contributed by atoms with E-state index in [1.807, 2.05) is 25.1 Å². The third-order valence-corrected chi connectivity index (χ3v) is 2.35. The SMILES string of the molecule is C[C@](CN)(CO)Cc1ccccc1. The first-order valence-corrected chi connectivity index (χ1v) is 4.55. The molecule has 2 nitrogen and oxygen atoms in total. The quantitative estimate of drug-likeness (QED) is 0.729. The van der Waals surface area contributed by atoms with Crippen LogP contribution in [0.2, 0.25) is 0 Å². The van der Waals surface area contributed by atoms with Crippen molar-refractivity contribution in [1.82, 2.24) is 0 Å². The van der Waals surface area contributed by atoms with Crippen molar-refractivity contribution < 1.29 is 5.11 Å². The van der Waals surface area contributed by atoms with Crippen molar-refractivity contribution in [2.75, 3.05) is 13.2 Å². The second-order valence-corrected chi connectivity index (χ2v) is 3.84. The van der Waals surface area contributed by atoms with E-state index in [0.717, 1.165) is 6.42 Å². The van der Waals surface area contributed by atoms with Gasteiger partial charge in [0.1, 0.15) is 0 Å². The molecule has 2 heteroatoms. The second kappa shape index (κ2) is 4.40. The molecule has 0 fully saturated rings. The predicted molar refractivity (Wildman–Crippen MR) is 54.4 cm³/mol. The summed E-state index contributed by atoms with van der Waals surface area (Å²) in [5.41, 5.74) is 6.65. The highest BCUT2D eigenvalue weighted by atomic mass is 16.3. The summed E-state index contributed by atoms with van der Waals surface area (Å²) in [5.74, 6) is 0. The molecule has 0 aliphatic carbocycles. The standard InChI is InChI=1S/C11H17NO/c1-11(8-12,9-13)7-10-5-3-2-4-6-10/h2-6,13H,7-9,12H2,1H3/t11-/m0/s1. The van der Waals surface area contributed by atoms with Crippen molar-refractivity contribution in [1.29, 1.82) is 0 Å². The van der Waals surface area contributed by atoms with Crippen molar-refractivity contribution in [2.24, 2.45) is 11.1 Å². The minimum atomic E-state index is -0.179. The molecule has 0 aliphatic heterocycles. The Balaban J connectivity index is 2.68. The maximum atomic E-state index is 9.17. The Morgan fingerprint density at radius 1 is 1.31 bits per heavy atom. The fraction of sp³-hybridized carbons (Fsp3) is 0.455. The zero-order valence-electron chi connectivity index (χ0n) is 8.03. The number of aliphatic hydroxyl groups is 1. The Kier molecular flexibility index (Phi) is 3.46. The molecule has 1 atom stereocenters. The second-order valence-electron chi connectivity index (χ2n) is 3.84. The third kappa shape index (κ3) is 2.83. The van der Waals surface area contributed by atoms with Crippen molar-refractivity contribution in [3.63, 3.8) is 0 Å². The van der Waals surface area contributed by atoms with Gasteiger partial charge < -0.3 is 10.8 Å². The number of nitrogens with two attached hydrogens (primary N) is 1. The molecular formula is C11H17NO. The van der Waals surface area contributed by atoms with Crippen molar-refractivity contribution in [3.05, 3.63) is 35.9 Å². The molecule has 13 heavy (non-hydrogen) atoms. The molecule has 0 bridgehead atoms. The van der Waals surface area contributed by atoms with E-state index in [4.69, 9.17) is 10.8 Å². The maximum Gasteiger partial charge on any atom is 0.0500 e. The van der Waals surface area contributed by atoms with Crippen LogP contribution in [0, 0.1) is 5.41 Å². The molecule has 0 saturated heterocycles. The van der Waals surface area contributed by atoms with E-state index in [1.54, 1.807) is 0 Å². The highest BCUT2D eigenvalue weighted by molar-refractivity contribution is 5.16. The Bertz CT molecular complexity index is 242. The first-order chi connectivity index (χ1) is 6.20. The minimum Gasteiger partial charge on any atom is -0.396 e. The Morgan fingerprint density at radius 2 is 1.92 bits per heavy atom. The smallest absolute Gasteiger partial charge is 0.0500 e. The van der Waals surface area contributed by atoms with Crippen LogP contribution in [-0.2, 0) is 6.42 Å². The summed E-state index contributed by atoms with van der Waals surface area (Å²) in [6.45, 7) is 2.65. The molecule has 1 aromatic carbocycles. The van der Waals surface area contributed by atoms with Gasteiger partial charge in [0, 0.05) is 18.6 Å². The number of rotatable bonds is 4. The summed E-state index contributed by atoms with van der Waals surface area (Å²) in [7, 11) is 0. The molecule has 72 valence electrons. The van der Waals surface area contributed by atoms with Crippen LogP contribution < -0.4 is 5.73 Å². The van der Waals surface area contributed by atoms with E-state index in [-0.39, 0.29) is 12.0 Å². The first-order valence-electron chi connectivity index (χ1n) is 4.55. The largest absolute Gasteiger partial charge is 0.396 e. The van der Waals surface area contributed by atoms with Gasteiger partial charge in [0.05, 0.1) is 0 Å². The molecule has 0 saturated carbocycles. The molecule has 0 aromatic heterocycles. The Hall–Kier alpha value is -0.860. The minimum absolute atomic E-state index is 0.137. The van der Waals surface area contributed by atoms with E-state index in [9.17, 15) is 0 Å². The fourth-order valence-corrected chi connectivity index (χ4v) is 1.28. The number of aliphatic hydroxyl groups excluding tert-OH is 1. The molecule has 0 spiro atoms. The molecular weight excluding hydrogens is 162 g/mol. The average molecular weight is 179 g/mol. The zero-order chi connectivity index (χ0) is 9.73. The Labute approximate surface area is 79.4 Å². The molecule has 0 heterocycles. The average Bonchev–Trinajstić information content (AvgIpc) is 2.19. The molecule has 0 amide bonds. The van der Waals surface area contributed by atoms with Crippen LogP contribution in [0.1, 0.15) is 12.5 Å². The number of benzene rings is 1. The van der Waals surface area contributed by atoms with Crippen LogP contribution >= 0.6 is 0 Å². The first kappa shape index (κ1) is 10.2. The van der Waals surface area contributed by atoms with Gasteiger partial charge in [0.2, 0.25) is 0 Å². The van der Waals surface area contributed by atoms with Crippen LogP contribution in [-0.4, -0.2) is 18.3 Å². The normalized spacial score (nSPS) is 15.3. The van der Waals surface area contributed by atoms with Gasteiger partial charge in [-0.2, -0.15) is 0 Å². The topological polar surface area (TPSA) is 46.2 Å². The molecule has 1 aromatic rings. The van der Waals surface area contributed by atoms with Crippen LogP contribution in [0.3, 0.4) is 0 Å². The third-order valence-electron chi connectivity index (χ3n) is 2.35. The monoisotopic (exact) mass is 179 g/mol. The Morgan fingerprint density at radius 3 is 2.38 bits per heavy atom. The summed E-state index contributed by atoms with van der Waals surface area (Å²) >= 11 is 0. The van der Waals surface area contributed by atoms with Gasteiger partial charge in [-0.3, -0.25) is 0 Å². The lowest BCUT2D eigenvalue weighted by molar-refractivity contribution is 0.149. The highest BCUT2D eigenvalue weighted by Crippen LogP contribution is 2.19. The van der Waals surface area contributed by atoms with Gasteiger partial charge >= 0.3 is 0 Å². The van der Waals surface area contributed by atoms with E-state index < -0.39 is 0 Å². The molecule has 1 rings (SSSR count). The van der Waals surface area contributed by atoms with E-state index in [2.05, 4.69) is 12.1 Å². The van der Waals surface area contributed by atoms with Gasteiger partial charge in [0.25, 0.3) is 0 Å². The lowest BCUT2D eigenvalue weighted by atomic mass is 9.85. The zero-order valence-corrected chi connectivity index (χ0v) is 8.03. The summed E-state index contributed by atoms with van der Waals surface area (Å²) in [6.07, 6.45) is 0.834. The van der Waals surface area contributed by atoms with Gasteiger partial charge in [0.15, 0.2) is 0 Å². The van der Waals surface area contributed by atoms with Crippen LogP contribution in [0.4, 0.5) is 0 Å². The lowest BCUT2D eigenvalue weighted by Crippen LogP contribution is -2.33. The van der Waals surface area contributed by atoms with Crippen molar-refractivity contribution in [2.45, 2.75) is 13.3 Å². The van der Waals surface area contributed by atoms with Crippen molar-refractivity contribution in [3.8, 4) is 0 Å². The van der Waals surface area contributed by atoms with E-state index in [1.165, 1.54) is 5.56 Å². The number of hydrogen-bond donors (Lipinski definition) is 2. The van der Waals surface area contributed by atoms with Crippen molar-refractivity contribution >= 4 is 0 Å². The lowest BCUT2D eigenvalue weighted by Gasteiger charge is -2.25. The molecule has 0 aliphatic rings. The predicted octanol–water partition coefficient (Wildman–Crippen LogP) is 1.19. The molecule has 0 unspecified atom stereocenters.